The second-order valence-electron chi connectivity index (χ2n) is 7.81. The molecule has 2 fully saturated rings. The maximum atomic E-state index is 12.6. The smallest absolute Gasteiger partial charge is 0.236 e. The van der Waals surface area contributed by atoms with Crippen molar-refractivity contribution in [1.82, 2.24) is 9.80 Å². The second-order valence-corrected chi connectivity index (χ2v) is 7.81. The van der Waals surface area contributed by atoms with E-state index >= 15 is 0 Å². The molecule has 3 aliphatic heterocycles. The van der Waals surface area contributed by atoms with E-state index in [0.717, 1.165) is 43.8 Å². The molecule has 3 aliphatic rings. The van der Waals surface area contributed by atoms with E-state index in [1.807, 2.05) is 23.1 Å². The molecule has 6 heteroatoms. The molecule has 26 heavy (non-hydrogen) atoms. The van der Waals surface area contributed by atoms with Gasteiger partial charge in [0.1, 0.15) is 0 Å². The fourth-order valence-electron chi connectivity index (χ4n) is 4.31. The van der Waals surface area contributed by atoms with Crippen molar-refractivity contribution < 1.29 is 19.4 Å². The molecule has 1 aromatic rings. The lowest BCUT2D eigenvalue weighted by molar-refractivity contribution is -0.137. The van der Waals surface area contributed by atoms with Crippen LogP contribution in [0.2, 0.25) is 0 Å². The molecule has 0 spiro atoms. The molecule has 3 heterocycles. The highest BCUT2D eigenvalue weighted by molar-refractivity contribution is 5.78. The van der Waals surface area contributed by atoms with Gasteiger partial charge in [-0.05, 0) is 56.7 Å². The van der Waals surface area contributed by atoms with E-state index < -0.39 is 5.60 Å². The molecule has 0 unspecified atom stereocenters. The first-order valence-corrected chi connectivity index (χ1v) is 9.69. The molecule has 0 aromatic heterocycles. The molecule has 1 aromatic carbocycles. The normalized spacial score (nSPS) is 25.3. The Hall–Kier alpha value is -1.79. The van der Waals surface area contributed by atoms with Crippen LogP contribution in [0.4, 0.5) is 0 Å². The zero-order valence-corrected chi connectivity index (χ0v) is 15.4. The molecule has 2 saturated heterocycles. The van der Waals surface area contributed by atoms with E-state index in [1.54, 1.807) is 0 Å². The molecule has 0 radical (unpaired) electrons. The molecule has 0 bridgehead atoms. The van der Waals surface area contributed by atoms with Crippen molar-refractivity contribution in [2.75, 3.05) is 33.0 Å². The van der Waals surface area contributed by atoms with E-state index in [0.29, 0.717) is 31.2 Å². The van der Waals surface area contributed by atoms with Gasteiger partial charge in [-0.15, -0.1) is 0 Å². The minimum Gasteiger partial charge on any atom is -0.454 e. The number of amides is 1. The molecular weight excluding hydrogens is 332 g/mol. The number of nitrogens with zero attached hydrogens (tertiary/aromatic N) is 2. The highest BCUT2D eigenvalue weighted by Gasteiger charge is 2.36. The Morgan fingerprint density at radius 2 is 1.96 bits per heavy atom. The summed E-state index contributed by atoms with van der Waals surface area (Å²) in [5, 5.41) is 11.1. The van der Waals surface area contributed by atoms with Crippen molar-refractivity contribution >= 4 is 5.91 Å². The highest BCUT2D eigenvalue weighted by Crippen LogP contribution is 2.39. The first-order chi connectivity index (χ1) is 12.5. The number of rotatable bonds is 3. The zero-order valence-electron chi connectivity index (χ0n) is 15.4. The quantitative estimate of drug-likeness (QED) is 0.894. The van der Waals surface area contributed by atoms with Crippen molar-refractivity contribution in [3.05, 3.63) is 23.8 Å². The van der Waals surface area contributed by atoms with Crippen LogP contribution in [0, 0.1) is 0 Å². The Morgan fingerprint density at radius 3 is 2.73 bits per heavy atom. The SMILES string of the molecule is C[C@@H]1CCCCN1C(=O)CN1CCC(O)(c2ccc3c(c2)OCO3)CC1. The van der Waals surface area contributed by atoms with Crippen molar-refractivity contribution in [1.29, 1.82) is 0 Å². The fourth-order valence-corrected chi connectivity index (χ4v) is 4.31. The molecule has 0 aliphatic carbocycles. The molecule has 4 rings (SSSR count). The summed E-state index contributed by atoms with van der Waals surface area (Å²) in [6.07, 6.45) is 4.68. The molecule has 1 amide bonds. The highest BCUT2D eigenvalue weighted by atomic mass is 16.7. The maximum absolute atomic E-state index is 12.6. The van der Waals surface area contributed by atoms with Gasteiger partial charge in [0.25, 0.3) is 0 Å². The van der Waals surface area contributed by atoms with E-state index in [1.165, 1.54) is 6.42 Å². The summed E-state index contributed by atoms with van der Waals surface area (Å²) in [6, 6.07) is 6.03. The maximum Gasteiger partial charge on any atom is 0.236 e. The first kappa shape index (κ1) is 17.6. The van der Waals surface area contributed by atoms with Gasteiger partial charge in [0, 0.05) is 25.7 Å². The predicted octanol–water partition coefficient (Wildman–Crippen LogP) is 2.10. The number of fused-ring (bicyclic) bond motifs is 1. The Morgan fingerprint density at radius 1 is 1.19 bits per heavy atom. The van der Waals surface area contributed by atoms with Crippen molar-refractivity contribution in [2.24, 2.45) is 0 Å². The molecule has 1 atom stereocenters. The average molecular weight is 360 g/mol. The molecule has 142 valence electrons. The minimum atomic E-state index is -0.862. The predicted molar refractivity (Wildman–Crippen MR) is 97.2 cm³/mol. The number of likely N-dealkylation sites (tertiary alicyclic amines) is 2. The van der Waals surface area contributed by atoms with Gasteiger partial charge in [-0.3, -0.25) is 9.69 Å². The van der Waals surface area contributed by atoms with Crippen molar-refractivity contribution in [3.63, 3.8) is 0 Å². The van der Waals surface area contributed by atoms with Crippen molar-refractivity contribution in [3.8, 4) is 11.5 Å². The number of hydrogen-bond acceptors (Lipinski definition) is 5. The largest absolute Gasteiger partial charge is 0.454 e. The van der Waals surface area contributed by atoms with Crippen LogP contribution in [0.3, 0.4) is 0 Å². The topological polar surface area (TPSA) is 62.2 Å². The molecule has 1 N–H and O–H groups in total. The third-order valence-corrected chi connectivity index (χ3v) is 6.08. The first-order valence-electron chi connectivity index (χ1n) is 9.69. The Kier molecular flexibility index (Phi) is 4.80. The number of aliphatic hydroxyl groups is 1. The summed E-state index contributed by atoms with van der Waals surface area (Å²) < 4.78 is 10.8. The lowest BCUT2D eigenvalue weighted by Crippen LogP contribution is -2.50. The van der Waals surface area contributed by atoms with Crippen molar-refractivity contribution in [2.45, 2.75) is 50.7 Å². The summed E-state index contributed by atoms with van der Waals surface area (Å²) in [4.78, 5) is 16.8. The third-order valence-electron chi connectivity index (χ3n) is 6.08. The van der Waals surface area contributed by atoms with Crippen LogP contribution < -0.4 is 9.47 Å². The fraction of sp³-hybridized carbons (Fsp3) is 0.650. The van der Waals surface area contributed by atoms with Crippen LogP contribution in [-0.2, 0) is 10.4 Å². The molecular formula is C20H28N2O4. The van der Waals surface area contributed by atoms with Gasteiger partial charge < -0.3 is 19.5 Å². The van der Waals surface area contributed by atoms with E-state index in [4.69, 9.17) is 9.47 Å². The monoisotopic (exact) mass is 360 g/mol. The number of carbonyl (C=O) groups excluding carboxylic acids is 1. The lowest BCUT2D eigenvalue weighted by Gasteiger charge is -2.40. The summed E-state index contributed by atoms with van der Waals surface area (Å²) in [5.41, 5.74) is 0.0104. The van der Waals surface area contributed by atoms with Gasteiger partial charge in [-0.25, -0.2) is 0 Å². The van der Waals surface area contributed by atoms with Crippen LogP contribution >= 0.6 is 0 Å². The third kappa shape index (κ3) is 3.40. The van der Waals surface area contributed by atoms with Gasteiger partial charge in [0.15, 0.2) is 11.5 Å². The van der Waals surface area contributed by atoms with Crippen LogP contribution in [-0.4, -0.2) is 59.8 Å². The summed E-state index contributed by atoms with van der Waals surface area (Å²) >= 11 is 0. The van der Waals surface area contributed by atoms with Crippen LogP contribution in [0.1, 0.15) is 44.6 Å². The Labute approximate surface area is 154 Å². The number of hydrogen-bond donors (Lipinski definition) is 1. The van der Waals surface area contributed by atoms with E-state index in [-0.39, 0.29) is 12.7 Å². The average Bonchev–Trinajstić information content (AvgIpc) is 3.12. The van der Waals surface area contributed by atoms with Crippen LogP contribution in [0.5, 0.6) is 11.5 Å². The van der Waals surface area contributed by atoms with E-state index in [9.17, 15) is 9.90 Å². The number of carbonyl (C=O) groups is 1. The molecule has 6 nitrogen and oxygen atoms in total. The van der Waals surface area contributed by atoms with Crippen LogP contribution in [0.25, 0.3) is 0 Å². The lowest BCUT2D eigenvalue weighted by atomic mass is 9.84. The van der Waals surface area contributed by atoms with Crippen LogP contribution in [0.15, 0.2) is 18.2 Å². The standard InChI is InChI=1S/C20H28N2O4/c1-15-4-2-3-9-22(15)19(23)13-21-10-7-20(24,8-11-21)16-5-6-17-18(12-16)26-14-25-17/h5-6,12,15,24H,2-4,7-11,13-14H2,1H3/t15-/m1/s1. The second kappa shape index (κ2) is 7.08. The number of piperidine rings is 2. The summed E-state index contributed by atoms with van der Waals surface area (Å²) in [5.74, 6) is 1.66. The number of ether oxygens (including phenoxy) is 2. The van der Waals surface area contributed by atoms with Gasteiger partial charge >= 0.3 is 0 Å². The van der Waals surface area contributed by atoms with Gasteiger partial charge in [0.05, 0.1) is 12.1 Å². The van der Waals surface area contributed by atoms with Gasteiger partial charge in [-0.2, -0.15) is 0 Å². The number of benzene rings is 1. The molecule has 0 saturated carbocycles. The summed E-state index contributed by atoms with van der Waals surface area (Å²) in [7, 11) is 0. The summed E-state index contributed by atoms with van der Waals surface area (Å²) in [6.45, 7) is 5.17. The minimum absolute atomic E-state index is 0.228. The Balaban J connectivity index is 1.35. The van der Waals surface area contributed by atoms with Gasteiger partial charge in [0.2, 0.25) is 12.7 Å². The van der Waals surface area contributed by atoms with Gasteiger partial charge in [-0.1, -0.05) is 6.07 Å². The Bertz CT molecular complexity index is 670. The van der Waals surface area contributed by atoms with E-state index in [2.05, 4.69) is 11.8 Å². The zero-order chi connectivity index (χ0) is 18.1.